The molecule has 7 nitrogen and oxygen atoms in total. The summed E-state index contributed by atoms with van der Waals surface area (Å²) in [5, 5.41) is 5.65. The van der Waals surface area contributed by atoms with Gasteiger partial charge in [0.05, 0.1) is 37.4 Å². The molecule has 0 aliphatic carbocycles. The monoisotopic (exact) mass is 537 g/mol. The Morgan fingerprint density at radius 3 is 2.32 bits per heavy atom. The summed E-state index contributed by atoms with van der Waals surface area (Å²) in [4.78, 5) is 17.4. The molecule has 3 rings (SSSR count). The number of nitrogens with zero attached hydrogens (tertiary/aromatic N) is 3. The standard InChI is InChI=1S/C23H28IN3O4/c1-13-17(20(22(28)30-7)31-23(3,4)5)19(24)18-14(2)26-27(21(18)25-13)12-15-8-10-16(29-6)11-9-15/h8-11,20H,12H2,1-7H3/t20-/m0/s1. The maximum Gasteiger partial charge on any atom is 0.339 e. The predicted molar refractivity (Wildman–Crippen MR) is 127 cm³/mol. The van der Waals surface area contributed by atoms with E-state index in [-0.39, 0.29) is 0 Å². The second-order valence-electron chi connectivity index (χ2n) is 8.35. The third-order valence-electron chi connectivity index (χ3n) is 4.86. The van der Waals surface area contributed by atoms with E-state index in [9.17, 15) is 4.79 Å². The molecule has 0 spiro atoms. The first-order valence-electron chi connectivity index (χ1n) is 9.97. The first-order valence-corrected chi connectivity index (χ1v) is 11.0. The molecule has 1 atom stereocenters. The third kappa shape index (κ3) is 5.01. The van der Waals surface area contributed by atoms with Gasteiger partial charge in [-0.25, -0.2) is 14.5 Å². The SMILES string of the molecule is COC(=O)[C@@H](OC(C)(C)C)c1c(C)nc2c(c(C)nn2Cc2ccc(OC)cc2)c1I. The molecule has 31 heavy (non-hydrogen) atoms. The third-order valence-corrected chi connectivity index (χ3v) is 5.98. The smallest absolute Gasteiger partial charge is 0.339 e. The quantitative estimate of drug-likeness (QED) is 0.334. The summed E-state index contributed by atoms with van der Waals surface area (Å²) in [5.74, 6) is 0.367. The van der Waals surface area contributed by atoms with Gasteiger partial charge in [0.15, 0.2) is 11.8 Å². The van der Waals surface area contributed by atoms with Crippen LogP contribution in [0.1, 0.15) is 49.4 Å². The van der Waals surface area contributed by atoms with E-state index in [1.807, 2.05) is 63.6 Å². The second kappa shape index (κ2) is 9.12. The van der Waals surface area contributed by atoms with Crippen molar-refractivity contribution < 1.29 is 19.0 Å². The number of methoxy groups -OCH3 is 2. The van der Waals surface area contributed by atoms with E-state index < -0.39 is 17.7 Å². The number of aryl methyl sites for hydroxylation is 2. The normalized spacial score (nSPS) is 12.8. The molecule has 2 heterocycles. The van der Waals surface area contributed by atoms with Crippen molar-refractivity contribution in [2.75, 3.05) is 14.2 Å². The van der Waals surface area contributed by atoms with Crippen LogP contribution in [0.3, 0.4) is 0 Å². The molecule has 0 saturated carbocycles. The van der Waals surface area contributed by atoms with Crippen LogP contribution in [0.4, 0.5) is 0 Å². The lowest BCUT2D eigenvalue weighted by Gasteiger charge is -2.27. The van der Waals surface area contributed by atoms with Gasteiger partial charge in [-0.3, -0.25) is 0 Å². The number of carbonyl (C=O) groups excluding carboxylic acids is 1. The fourth-order valence-electron chi connectivity index (χ4n) is 3.46. The van der Waals surface area contributed by atoms with Gasteiger partial charge < -0.3 is 14.2 Å². The average molecular weight is 537 g/mol. The van der Waals surface area contributed by atoms with Crippen molar-refractivity contribution in [2.24, 2.45) is 0 Å². The number of esters is 1. The summed E-state index contributed by atoms with van der Waals surface area (Å²) >= 11 is 2.26. The molecule has 1 aromatic carbocycles. The van der Waals surface area contributed by atoms with Crippen LogP contribution in [0.15, 0.2) is 24.3 Å². The summed E-state index contributed by atoms with van der Waals surface area (Å²) in [6.45, 7) is 10.2. The molecule has 0 radical (unpaired) electrons. The molecular formula is C23H28IN3O4. The summed E-state index contributed by atoms with van der Waals surface area (Å²) < 4.78 is 19.2. The zero-order valence-electron chi connectivity index (χ0n) is 18.9. The Bertz CT molecular complexity index is 1100. The first kappa shape index (κ1) is 23.5. The molecule has 8 heteroatoms. The molecule has 166 valence electrons. The van der Waals surface area contributed by atoms with Crippen LogP contribution in [0.25, 0.3) is 11.0 Å². The minimum atomic E-state index is -0.863. The van der Waals surface area contributed by atoms with E-state index in [4.69, 9.17) is 24.3 Å². The number of benzene rings is 1. The first-order chi connectivity index (χ1) is 14.6. The molecular weight excluding hydrogens is 509 g/mol. The summed E-state index contributed by atoms with van der Waals surface area (Å²) in [7, 11) is 3.02. The van der Waals surface area contributed by atoms with E-state index >= 15 is 0 Å². The van der Waals surface area contributed by atoms with Crippen molar-refractivity contribution in [3.05, 3.63) is 50.4 Å². The van der Waals surface area contributed by atoms with Gasteiger partial charge in [-0.1, -0.05) is 12.1 Å². The Labute approximate surface area is 196 Å². The molecule has 0 N–H and O–H groups in total. The van der Waals surface area contributed by atoms with Crippen LogP contribution in [0.5, 0.6) is 5.75 Å². The van der Waals surface area contributed by atoms with Gasteiger partial charge in [0.2, 0.25) is 0 Å². The van der Waals surface area contributed by atoms with Gasteiger partial charge in [-0.15, -0.1) is 0 Å². The summed E-state index contributed by atoms with van der Waals surface area (Å²) in [6.07, 6.45) is -0.863. The van der Waals surface area contributed by atoms with Gasteiger partial charge >= 0.3 is 5.97 Å². The van der Waals surface area contributed by atoms with Gasteiger partial charge in [0.1, 0.15) is 5.75 Å². The van der Waals surface area contributed by atoms with Crippen LogP contribution in [0, 0.1) is 17.4 Å². The largest absolute Gasteiger partial charge is 0.497 e. The Kier molecular flexibility index (Phi) is 6.90. The molecule has 0 bridgehead atoms. The van der Waals surface area contributed by atoms with E-state index in [0.717, 1.165) is 37.2 Å². The summed E-state index contributed by atoms with van der Waals surface area (Å²) in [6, 6.07) is 7.88. The number of fused-ring (bicyclic) bond motifs is 1. The van der Waals surface area contributed by atoms with Crippen molar-refractivity contribution in [2.45, 2.75) is 52.9 Å². The zero-order valence-corrected chi connectivity index (χ0v) is 21.1. The highest BCUT2D eigenvalue weighted by molar-refractivity contribution is 14.1. The summed E-state index contributed by atoms with van der Waals surface area (Å²) in [5.41, 5.74) is 3.62. The van der Waals surface area contributed by atoms with Crippen LogP contribution in [-0.4, -0.2) is 40.6 Å². The van der Waals surface area contributed by atoms with E-state index in [1.54, 1.807) is 7.11 Å². The molecule has 0 unspecified atom stereocenters. The maximum atomic E-state index is 12.6. The fourth-order valence-corrected chi connectivity index (χ4v) is 4.76. The predicted octanol–water partition coefficient (Wildman–Crippen LogP) is 4.74. The topological polar surface area (TPSA) is 75.5 Å². The highest BCUT2D eigenvalue weighted by atomic mass is 127. The lowest BCUT2D eigenvalue weighted by molar-refractivity contribution is -0.164. The fraction of sp³-hybridized carbons (Fsp3) is 0.435. The molecule has 0 aliphatic heterocycles. The van der Waals surface area contributed by atoms with Crippen LogP contribution < -0.4 is 4.74 Å². The molecule has 0 saturated heterocycles. The Balaban J connectivity index is 2.10. The van der Waals surface area contributed by atoms with E-state index in [2.05, 4.69) is 22.6 Å². The molecule has 2 aromatic heterocycles. The highest BCUT2D eigenvalue weighted by Gasteiger charge is 2.33. The minimum Gasteiger partial charge on any atom is -0.497 e. The molecule has 0 aliphatic rings. The zero-order chi connectivity index (χ0) is 22.9. The molecule has 3 aromatic rings. The van der Waals surface area contributed by atoms with Crippen molar-refractivity contribution >= 4 is 39.6 Å². The van der Waals surface area contributed by atoms with E-state index in [1.165, 1.54) is 7.11 Å². The number of carbonyl (C=O) groups is 1. The highest BCUT2D eigenvalue weighted by Crippen LogP contribution is 2.35. The molecule has 0 fully saturated rings. The Morgan fingerprint density at radius 1 is 1.13 bits per heavy atom. The van der Waals surface area contributed by atoms with Gasteiger partial charge in [-0.2, -0.15) is 5.10 Å². The van der Waals surface area contributed by atoms with Crippen molar-refractivity contribution in [3.8, 4) is 5.75 Å². The number of hydrogen-bond acceptors (Lipinski definition) is 6. The lowest BCUT2D eigenvalue weighted by Crippen LogP contribution is -2.29. The number of halogens is 1. The Hall–Kier alpha value is -2.20. The van der Waals surface area contributed by atoms with Gasteiger partial charge in [0, 0.05) is 14.8 Å². The van der Waals surface area contributed by atoms with Gasteiger partial charge in [-0.05, 0) is 74.9 Å². The number of ether oxygens (including phenoxy) is 3. The van der Waals surface area contributed by atoms with Crippen LogP contribution in [-0.2, 0) is 20.8 Å². The van der Waals surface area contributed by atoms with Crippen LogP contribution >= 0.6 is 22.6 Å². The Morgan fingerprint density at radius 2 is 1.77 bits per heavy atom. The van der Waals surface area contributed by atoms with Gasteiger partial charge in [0.25, 0.3) is 0 Å². The van der Waals surface area contributed by atoms with Crippen LogP contribution in [0.2, 0.25) is 0 Å². The second-order valence-corrected chi connectivity index (χ2v) is 9.43. The average Bonchev–Trinajstić information content (AvgIpc) is 3.01. The van der Waals surface area contributed by atoms with E-state index in [0.29, 0.717) is 12.2 Å². The van der Waals surface area contributed by atoms with Crippen molar-refractivity contribution in [3.63, 3.8) is 0 Å². The van der Waals surface area contributed by atoms with Crippen molar-refractivity contribution in [1.29, 1.82) is 0 Å². The number of pyridine rings is 1. The number of rotatable bonds is 6. The number of aromatic nitrogens is 3. The maximum absolute atomic E-state index is 12.6. The lowest BCUT2D eigenvalue weighted by atomic mass is 10.0. The number of hydrogen-bond donors (Lipinski definition) is 0. The molecule has 0 amide bonds. The minimum absolute atomic E-state index is 0.444. The van der Waals surface area contributed by atoms with Crippen molar-refractivity contribution in [1.82, 2.24) is 14.8 Å².